The minimum absolute atomic E-state index is 0. The molecule has 0 atom stereocenters. The number of benzene rings is 2. The van der Waals surface area contributed by atoms with Gasteiger partial charge in [-0.25, -0.2) is 9.59 Å². The summed E-state index contributed by atoms with van der Waals surface area (Å²) in [6.45, 7) is 0. The average molecular weight is 400 g/mol. The molecule has 26 heavy (non-hydrogen) atoms. The van der Waals surface area contributed by atoms with Crippen molar-refractivity contribution in [2.45, 2.75) is 4.90 Å². The van der Waals surface area contributed by atoms with Gasteiger partial charge in [-0.1, -0.05) is 35.8 Å². The third-order valence-corrected chi connectivity index (χ3v) is 3.45. The third kappa shape index (κ3) is 8.06. The summed E-state index contributed by atoms with van der Waals surface area (Å²) in [5, 5.41) is 38.4. The van der Waals surface area contributed by atoms with Crippen LogP contribution in [0.25, 0.3) is 0 Å². The van der Waals surface area contributed by atoms with Gasteiger partial charge in [0.25, 0.3) is 10.1 Å². The molecule has 2 aromatic rings. The van der Waals surface area contributed by atoms with Gasteiger partial charge in [-0.15, -0.1) is 0 Å². The second-order valence-corrected chi connectivity index (χ2v) is 5.66. The summed E-state index contributed by atoms with van der Waals surface area (Å²) < 4.78 is 29.7. The van der Waals surface area contributed by atoms with Crippen molar-refractivity contribution in [1.29, 1.82) is 0 Å². The Morgan fingerprint density at radius 3 is 1.65 bits per heavy atom. The molecule has 9 nitrogen and oxygen atoms in total. The van der Waals surface area contributed by atoms with E-state index < -0.39 is 44.0 Å². The topological polar surface area (TPSA) is 175 Å². The van der Waals surface area contributed by atoms with Crippen LogP contribution in [0.2, 0.25) is 0 Å². The molecule has 0 aromatic heterocycles. The summed E-state index contributed by atoms with van der Waals surface area (Å²) in [6.07, 6.45) is 0. The van der Waals surface area contributed by atoms with Gasteiger partial charge in [0, 0.05) is 0 Å². The first-order valence-electron chi connectivity index (χ1n) is 6.05. The number of para-hydroxylation sites is 1. The van der Waals surface area contributed by atoms with Crippen molar-refractivity contribution in [1.82, 2.24) is 0 Å². The van der Waals surface area contributed by atoms with E-state index in [1.54, 1.807) is 0 Å². The first kappa shape index (κ1) is 27.1. The van der Waals surface area contributed by atoms with Crippen LogP contribution < -0.4 is 69.3 Å². The SMILES string of the molecule is O=C(O)c1cc(S(=O)(=O)O)ccc1[O-].O=C(O)c1ccccc1[O-].[Na+].[Na+]. The van der Waals surface area contributed by atoms with E-state index in [2.05, 4.69) is 0 Å². The molecule has 0 radical (unpaired) electrons. The number of carbonyl (C=O) groups is 2. The Labute approximate surface area is 192 Å². The van der Waals surface area contributed by atoms with Crippen molar-refractivity contribution in [3.8, 4) is 11.5 Å². The van der Waals surface area contributed by atoms with Crippen molar-refractivity contribution in [2.75, 3.05) is 0 Å². The molecule has 0 aliphatic carbocycles. The van der Waals surface area contributed by atoms with Gasteiger partial charge >= 0.3 is 71.1 Å². The fraction of sp³-hybridized carbons (Fsp3) is 0. The van der Waals surface area contributed by atoms with Crippen molar-refractivity contribution in [3.05, 3.63) is 53.6 Å². The van der Waals surface area contributed by atoms with E-state index in [0.717, 1.165) is 12.1 Å². The largest absolute Gasteiger partial charge is 1.00 e. The van der Waals surface area contributed by atoms with Gasteiger partial charge in [0.1, 0.15) is 0 Å². The van der Waals surface area contributed by atoms with Gasteiger partial charge in [0.05, 0.1) is 16.0 Å². The third-order valence-electron chi connectivity index (χ3n) is 2.60. The first-order chi connectivity index (χ1) is 11.0. The van der Waals surface area contributed by atoms with E-state index in [0.29, 0.717) is 6.07 Å². The molecular formula is C14H10Na2O9S. The summed E-state index contributed by atoms with van der Waals surface area (Å²) >= 11 is 0. The molecule has 12 heteroatoms. The predicted molar refractivity (Wildman–Crippen MR) is 75.5 cm³/mol. The van der Waals surface area contributed by atoms with Crippen molar-refractivity contribution < 1.29 is 102 Å². The number of rotatable bonds is 3. The minimum Gasteiger partial charge on any atom is -0.872 e. The zero-order valence-electron chi connectivity index (χ0n) is 13.7. The number of hydrogen-bond donors (Lipinski definition) is 3. The summed E-state index contributed by atoms with van der Waals surface area (Å²) in [5.41, 5.74) is -0.873. The second-order valence-electron chi connectivity index (χ2n) is 4.24. The smallest absolute Gasteiger partial charge is 0.872 e. The normalized spacial score (nSPS) is 9.58. The van der Waals surface area contributed by atoms with Gasteiger partial charge < -0.3 is 20.4 Å². The average Bonchev–Trinajstić information content (AvgIpc) is 2.47. The van der Waals surface area contributed by atoms with Crippen molar-refractivity contribution in [3.63, 3.8) is 0 Å². The number of aromatic carboxylic acids is 2. The zero-order valence-corrected chi connectivity index (χ0v) is 18.6. The quantitative estimate of drug-likeness (QED) is 0.335. The van der Waals surface area contributed by atoms with Gasteiger partial charge in [0.15, 0.2) is 0 Å². The fourth-order valence-electron chi connectivity index (χ4n) is 1.48. The maximum absolute atomic E-state index is 10.9. The van der Waals surface area contributed by atoms with Crippen LogP contribution in [0.3, 0.4) is 0 Å². The molecule has 0 saturated heterocycles. The van der Waals surface area contributed by atoms with E-state index in [4.69, 9.17) is 14.8 Å². The van der Waals surface area contributed by atoms with Crippen LogP contribution in [0.1, 0.15) is 20.7 Å². The molecule has 0 bridgehead atoms. The Kier molecular flexibility index (Phi) is 12.1. The molecule has 0 spiro atoms. The van der Waals surface area contributed by atoms with E-state index in [1.165, 1.54) is 24.3 Å². The Bertz CT molecular complexity index is 882. The van der Waals surface area contributed by atoms with Crippen LogP contribution >= 0.6 is 0 Å². The number of carboxylic acids is 2. The predicted octanol–water partition coefficient (Wildman–Crippen LogP) is -5.83. The molecule has 0 unspecified atom stereocenters. The Morgan fingerprint density at radius 2 is 1.27 bits per heavy atom. The summed E-state index contributed by atoms with van der Waals surface area (Å²) in [5.74, 6) is -3.98. The molecule has 3 N–H and O–H groups in total. The van der Waals surface area contributed by atoms with Crippen LogP contribution in [0.5, 0.6) is 11.5 Å². The molecule has 0 aliphatic heterocycles. The Hall–Kier alpha value is -1.11. The standard InChI is InChI=1S/C7H6O6S.C7H6O3.2Na/c8-6-2-1-4(14(11,12)13)3-5(6)7(9)10;8-6-4-2-1-3-5(6)7(9)10;;/h1-3,8H,(H,9,10)(H,11,12,13);1-4,8H,(H,9,10);;/q;;2*+1/p-2. The van der Waals surface area contributed by atoms with E-state index in [1.807, 2.05) is 0 Å². The summed E-state index contributed by atoms with van der Waals surface area (Å²) in [7, 11) is -4.48. The summed E-state index contributed by atoms with van der Waals surface area (Å²) in [4.78, 5) is 20.0. The molecule has 128 valence electrons. The maximum atomic E-state index is 10.9. The molecule has 0 heterocycles. The summed E-state index contributed by atoms with van der Waals surface area (Å²) in [6, 6.07) is 7.75. The molecule has 2 rings (SSSR count). The number of hydrogen-bond acceptors (Lipinski definition) is 6. The molecule has 2 aromatic carbocycles. The fourth-order valence-corrected chi connectivity index (χ4v) is 1.99. The van der Waals surface area contributed by atoms with E-state index in [-0.39, 0.29) is 64.7 Å². The van der Waals surface area contributed by atoms with Crippen LogP contribution in [-0.4, -0.2) is 35.1 Å². The molecule has 0 amide bonds. The van der Waals surface area contributed by atoms with Gasteiger partial charge in [-0.2, -0.15) is 8.42 Å². The molecule has 0 saturated carbocycles. The number of carboxylic acid groups (broad SMARTS) is 2. The monoisotopic (exact) mass is 400 g/mol. The van der Waals surface area contributed by atoms with Crippen molar-refractivity contribution >= 4 is 22.1 Å². The molecule has 0 fully saturated rings. The molecular weight excluding hydrogens is 390 g/mol. The second kappa shape index (κ2) is 11.6. The Balaban J connectivity index is 0. The first-order valence-corrected chi connectivity index (χ1v) is 7.49. The molecule has 0 aliphatic rings. The van der Waals surface area contributed by atoms with Crippen LogP contribution in [0, 0.1) is 0 Å². The van der Waals surface area contributed by atoms with E-state index >= 15 is 0 Å². The van der Waals surface area contributed by atoms with Crippen molar-refractivity contribution in [2.24, 2.45) is 0 Å². The van der Waals surface area contributed by atoms with Crippen LogP contribution in [0.15, 0.2) is 47.4 Å². The Morgan fingerprint density at radius 1 is 0.808 bits per heavy atom. The minimum atomic E-state index is -4.48. The van der Waals surface area contributed by atoms with Crippen LogP contribution in [0.4, 0.5) is 0 Å². The van der Waals surface area contributed by atoms with Gasteiger partial charge in [-0.05, 0) is 18.2 Å². The van der Waals surface area contributed by atoms with Gasteiger partial charge in [-0.3, -0.25) is 4.55 Å². The zero-order chi connectivity index (χ0) is 18.5. The maximum Gasteiger partial charge on any atom is 1.00 e. The van der Waals surface area contributed by atoms with Gasteiger partial charge in [0.2, 0.25) is 0 Å². The van der Waals surface area contributed by atoms with E-state index in [9.17, 15) is 28.2 Å². The van der Waals surface area contributed by atoms with Crippen LogP contribution in [-0.2, 0) is 10.1 Å².